The second-order valence-corrected chi connectivity index (χ2v) is 11.1. The number of rotatable bonds is 9. The molecular formula is C23H27N7O4S2. The van der Waals surface area contributed by atoms with Crippen molar-refractivity contribution in [2.45, 2.75) is 38.9 Å². The lowest BCUT2D eigenvalue weighted by molar-refractivity contribution is 0.391. The Morgan fingerprint density at radius 3 is 2.22 bits per heavy atom. The maximum absolute atomic E-state index is 13.5. The molecule has 36 heavy (non-hydrogen) atoms. The highest BCUT2D eigenvalue weighted by molar-refractivity contribution is 7.93. The van der Waals surface area contributed by atoms with Gasteiger partial charge in [0.25, 0.3) is 0 Å². The molecule has 1 N–H and O–H groups in total. The van der Waals surface area contributed by atoms with E-state index in [4.69, 9.17) is 9.47 Å². The first-order valence-electron chi connectivity index (χ1n) is 11.1. The van der Waals surface area contributed by atoms with E-state index in [-0.39, 0.29) is 5.95 Å². The third-order valence-electron chi connectivity index (χ3n) is 5.73. The van der Waals surface area contributed by atoms with E-state index in [1.165, 1.54) is 25.6 Å². The zero-order chi connectivity index (χ0) is 26.0. The van der Waals surface area contributed by atoms with Crippen LogP contribution in [-0.4, -0.2) is 57.6 Å². The molecule has 0 radical (unpaired) electrons. The summed E-state index contributed by atoms with van der Waals surface area (Å²) in [5, 5.41) is 10.0. The van der Waals surface area contributed by atoms with Gasteiger partial charge in [0.1, 0.15) is 23.0 Å². The van der Waals surface area contributed by atoms with Gasteiger partial charge in [-0.1, -0.05) is 13.0 Å². The van der Waals surface area contributed by atoms with E-state index in [1.54, 1.807) is 49.0 Å². The van der Waals surface area contributed by atoms with E-state index in [0.29, 0.717) is 33.8 Å². The van der Waals surface area contributed by atoms with Gasteiger partial charge in [0.2, 0.25) is 16.0 Å². The average Bonchev–Trinajstić information content (AvgIpc) is 3.48. The minimum Gasteiger partial charge on any atom is -0.494 e. The van der Waals surface area contributed by atoms with Crippen LogP contribution in [0.5, 0.6) is 11.5 Å². The molecule has 1 aromatic carbocycles. The Morgan fingerprint density at radius 2 is 1.67 bits per heavy atom. The fraction of sp³-hybridized carbons (Fsp3) is 0.348. The van der Waals surface area contributed by atoms with Gasteiger partial charge in [-0.25, -0.2) is 23.4 Å². The van der Waals surface area contributed by atoms with Gasteiger partial charge in [-0.2, -0.15) is 0 Å². The highest BCUT2D eigenvalue weighted by atomic mass is 32.2. The maximum atomic E-state index is 13.5. The number of hydrogen-bond acceptors (Lipinski definition) is 10. The Balaban J connectivity index is 1.81. The van der Waals surface area contributed by atoms with Crippen molar-refractivity contribution in [1.82, 2.24) is 29.7 Å². The van der Waals surface area contributed by atoms with Gasteiger partial charge in [0.05, 0.1) is 19.5 Å². The Hall–Kier alpha value is -3.58. The lowest BCUT2D eigenvalue weighted by Gasteiger charge is -2.21. The molecule has 3 aromatic heterocycles. The largest absolute Gasteiger partial charge is 0.494 e. The van der Waals surface area contributed by atoms with Gasteiger partial charge in [-0.05, 0) is 38.5 Å². The van der Waals surface area contributed by atoms with Crippen LogP contribution in [0.1, 0.15) is 36.8 Å². The normalized spacial score (nSPS) is 13.3. The molecule has 0 spiro atoms. The number of aryl methyl sites for hydroxylation is 2. The Morgan fingerprint density at radius 1 is 1.03 bits per heavy atom. The molecule has 0 saturated heterocycles. The number of benzene rings is 1. The zero-order valence-corrected chi connectivity index (χ0v) is 22.4. The van der Waals surface area contributed by atoms with Gasteiger partial charge in [0.15, 0.2) is 10.8 Å². The van der Waals surface area contributed by atoms with Crippen LogP contribution < -0.4 is 14.2 Å². The van der Waals surface area contributed by atoms with Crippen LogP contribution in [-0.2, 0) is 10.0 Å². The molecule has 3 heterocycles. The molecule has 4 aromatic rings. The number of thiazole rings is 1. The monoisotopic (exact) mass is 529 g/mol. The number of methoxy groups -OCH3 is 2. The number of anilines is 1. The summed E-state index contributed by atoms with van der Waals surface area (Å²) in [6.45, 7) is 7.11. The molecule has 4 rings (SSSR count). The van der Waals surface area contributed by atoms with Gasteiger partial charge in [-0.3, -0.25) is 9.29 Å². The molecule has 0 fully saturated rings. The van der Waals surface area contributed by atoms with Gasteiger partial charge in [0, 0.05) is 29.4 Å². The predicted octanol–water partition coefficient (Wildman–Crippen LogP) is 3.75. The third-order valence-corrected chi connectivity index (χ3v) is 8.54. The first kappa shape index (κ1) is 25.5. The summed E-state index contributed by atoms with van der Waals surface area (Å²) in [5.41, 5.74) is 2.14. The van der Waals surface area contributed by atoms with Crippen molar-refractivity contribution >= 4 is 27.3 Å². The number of hydrogen-bond donors (Lipinski definition) is 1. The third kappa shape index (κ3) is 4.88. The van der Waals surface area contributed by atoms with Gasteiger partial charge >= 0.3 is 0 Å². The summed E-state index contributed by atoms with van der Waals surface area (Å²) in [4.78, 5) is 13.1. The van der Waals surface area contributed by atoms with Crippen LogP contribution in [0.3, 0.4) is 0 Å². The highest BCUT2D eigenvalue weighted by Crippen LogP contribution is 2.38. The van der Waals surface area contributed by atoms with E-state index in [0.717, 1.165) is 11.3 Å². The average molecular weight is 530 g/mol. The summed E-state index contributed by atoms with van der Waals surface area (Å²) in [7, 11) is -0.918. The standard InChI is InChI=1S/C23H27N7O4S2/c1-13-10-24-20(25-11-13)15(3)16(4)36(31,32)29-23-28-27-21(22-26-14(2)12-35-22)30(23)19-17(33-5)8-7-9-18(19)34-6/h7-12,15-16H,1-6H3,(H,28,29)/t15-,16-/m0/s1. The fourth-order valence-corrected chi connectivity index (χ4v) is 5.55. The number of ether oxygens (including phenoxy) is 2. The molecule has 2 atom stereocenters. The molecular weight excluding hydrogens is 502 g/mol. The first-order valence-corrected chi connectivity index (χ1v) is 13.5. The summed E-state index contributed by atoms with van der Waals surface area (Å²) in [6.07, 6.45) is 3.33. The second-order valence-electron chi connectivity index (χ2n) is 8.25. The van der Waals surface area contributed by atoms with Crippen molar-refractivity contribution in [2.24, 2.45) is 0 Å². The molecule has 0 aliphatic carbocycles. The molecule has 0 unspecified atom stereocenters. The van der Waals surface area contributed by atoms with Crippen LogP contribution >= 0.6 is 11.3 Å². The molecule has 190 valence electrons. The van der Waals surface area contributed by atoms with Crippen molar-refractivity contribution in [2.75, 3.05) is 18.9 Å². The topological polar surface area (TPSA) is 134 Å². The molecule has 0 aliphatic heterocycles. The van der Waals surface area contributed by atoms with Crippen LogP contribution in [0.4, 0.5) is 5.95 Å². The number of nitrogens with one attached hydrogen (secondary N) is 1. The molecule has 0 amide bonds. The Kier molecular flexibility index (Phi) is 7.22. The van der Waals surface area contributed by atoms with Crippen molar-refractivity contribution in [3.63, 3.8) is 0 Å². The van der Waals surface area contributed by atoms with Crippen LogP contribution in [0.25, 0.3) is 16.5 Å². The van der Waals surface area contributed by atoms with Crippen LogP contribution in [0.15, 0.2) is 36.0 Å². The zero-order valence-electron chi connectivity index (χ0n) is 20.8. The number of sulfonamides is 1. The molecule has 0 bridgehead atoms. The first-order chi connectivity index (χ1) is 17.2. The van der Waals surface area contributed by atoms with Gasteiger partial charge in [-0.15, -0.1) is 21.5 Å². The highest BCUT2D eigenvalue weighted by Gasteiger charge is 2.32. The smallest absolute Gasteiger partial charge is 0.243 e. The maximum Gasteiger partial charge on any atom is 0.243 e. The number of aromatic nitrogens is 6. The van der Waals surface area contributed by atoms with E-state index >= 15 is 0 Å². The molecule has 13 heteroatoms. The second kappa shape index (κ2) is 10.2. The predicted molar refractivity (Wildman–Crippen MR) is 137 cm³/mol. The molecule has 0 saturated carbocycles. The van der Waals surface area contributed by atoms with E-state index in [9.17, 15) is 8.42 Å². The van der Waals surface area contributed by atoms with Crippen molar-refractivity contribution in [3.05, 3.63) is 53.1 Å². The van der Waals surface area contributed by atoms with Crippen LogP contribution in [0.2, 0.25) is 0 Å². The minimum atomic E-state index is -3.96. The van der Waals surface area contributed by atoms with E-state index < -0.39 is 21.2 Å². The summed E-state index contributed by atoms with van der Waals surface area (Å²) >= 11 is 1.37. The molecule has 11 nitrogen and oxygen atoms in total. The van der Waals surface area contributed by atoms with Crippen LogP contribution in [0, 0.1) is 13.8 Å². The number of nitrogens with zero attached hydrogens (tertiary/aromatic N) is 6. The van der Waals surface area contributed by atoms with Crippen molar-refractivity contribution < 1.29 is 17.9 Å². The summed E-state index contributed by atoms with van der Waals surface area (Å²) in [5.74, 6) is 1.16. The number of para-hydroxylation sites is 1. The summed E-state index contributed by atoms with van der Waals surface area (Å²) < 4.78 is 42.3. The lowest BCUT2D eigenvalue weighted by Crippen LogP contribution is -2.31. The summed E-state index contributed by atoms with van der Waals surface area (Å²) in [6, 6.07) is 5.26. The Labute approximate surface area is 213 Å². The van der Waals surface area contributed by atoms with E-state index in [2.05, 4.69) is 29.9 Å². The minimum absolute atomic E-state index is 0.0236. The fourth-order valence-electron chi connectivity index (χ4n) is 3.55. The van der Waals surface area contributed by atoms with Crippen molar-refractivity contribution in [1.29, 1.82) is 0 Å². The molecule has 0 aliphatic rings. The Bertz CT molecular complexity index is 1440. The van der Waals surface area contributed by atoms with Crippen molar-refractivity contribution in [3.8, 4) is 28.0 Å². The SMILES string of the molecule is COc1cccc(OC)c1-n1c(NS(=O)(=O)[C@@H](C)[C@H](C)c2ncc(C)cn2)nnc1-c1nc(C)cs1. The quantitative estimate of drug-likeness (QED) is 0.344. The van der Waals surface area contributed by atoms with E-state index in [1.807, 2.05) is 19.2 Å². The lowest BCUT2D eigenvalue weighted by atomic mass is 10.1. The van der Waals surface area contributed by atoms with Gasteiger partial charge < -0.3 is 9.47 Å².